The summed E-state index contributed by atoms with van der Waals surface area (Å²) in [5.74, 6) is -0.929. The van der Waals surface area contributed by atoms with E-state index in [4.69, 9.17) is 9.29 Å². The van der Waals surface area contributed by atoms with Crippen LogP contribution in [0.4, 0.5) is 0 Å². The lowest BCUT2D eigenvalue weighted by atomic mass is 10.0. The highest BCUT2D eigenvalue weighted by Crippen LogP contribution is 2.14. The largest absolute Gasteiger partial charge is 0.461 e. The molecule has 0 rings (SSSR count). The molecular weight excluding hydrogens is 316 g/mol. The highest BCUT2D eigenvalue weighted by molar-refractivity contribution is 7.85. The average molecular weight is 351 g/mol. The Morgan fingerprint density at radius 2 is 1.39 bits per heavy atom. The molecule has 0 aromatic heterocycles. The van der Waals surface area contributed by atoms with Crippen LogP contribution in [0.15, 0.2) is 0 Å². The van der Waals surface area contributed by atoms with E-state index in [1.54, 1.807) is 6.92 Å². The quantitative estimate of drug-likeness (QED) is 0.267. The maximum Gasteiger partial charge on any atom is 0.305 e. The molecular formula is C17H34O5S. The van der Waals surface area contributed by atoms with Crippen molar-refractivity contribution in [3.05, 3.63) is 0 Å². The van der Waals surface area contributed by atoms with Gasteiger partial charge in [0, 0.05) is 6.42 Å². The fraction of sp³-hybridized carbons (Fsp3) is 0.941. The number of carbonyl (C=O) groups is 1. The van der Waals surface area contributed by atoms with Crippen molar-refractivity contribution in [3.8, 4) is 0 Å². The Balaban J connectivity index is 3.76. The average Bonchev–Trinajstić information content (AvgIpc) is 2.47. The number of ether oxygens (including phenoxy) is 1. The Kier molecular flexibility index (Phi) is 13.4. The van der Waals surface area contributed by atoms with E-state index in [1.807, 2.05) is 0 Å². The van der Waals surface area contributed by atoms with Gasteiger partial charge in [-0.25, -0.2) is 0 Å². The van der Waals surface area contributed by atoms with Gasteiger partial charge in [0.15, 0.2) is 0 Å². The van der Waals surface area contributed by atoms with E-state index in [9.17, 15) is 13.2 Å². The fourth-order valence-electron chi connectivity index (χ4n) is 2.54. The first-order valence-electron chi connectivity index (χ1n) is 9.03. The van der Waals surface area contributed by atoms with Gasteiger partial charge in [0.2, 0.25) is 0 Å². The fourth-order valence-corrected chi connectivity index (χ4v) is 3.24. The summed E-state index contributed by atoms with van der Waals surface area (Å²) >= 11 is 0. The minimum absolute atomic E-state index is 0.208. The van der Waals surface area contributed by atoms with Gasteiger partial charge in [0.25, 0.3) is 10.1 Å². The second-order valence-corrected chi connectivity index (χ2v) is 7.68. The molecule has 0 heterocycles. The first-order chi connectivity index (χ1) is 10.9. The third-order valence-corrected chi connectivity index (χ3v) is 4.66. The van der Waals surface area contributed by atoms with Crippen LogP contribution >= 0.6 is 0 Å². The van der Waals surface area contributed by atoms with Gasteiger partial charge in [0.05, 0.1) is 0 Å². The summed E-state index contributed by atoms with van der Waals surface area (Å²) in [4.78, 5) is 11.3. The summed E-state index contributed by atoms with van der Waals surface area (Å²) in [6.07, 6.45) is 11.9. The van der Waals surface area contributed by atoms with Crippen molar-refractivity contribution >= 4 is 16.1 Å². The monoisotopic (exact) mass is 350 g/mol. The molecule has 1 unspecified atom stereocenters. The Morgan fingerprint density at radius 3 is 1.83 bits per heavy atom. The maximum atomic E-state index is 11.3. The number of unbranched alkanes of at least 4 members (excludes halogenated alkanes) is 9. The molecule has 0 aliphatic carbocycles. The number of hydrogen-bond donors (Lipinski definition) is 1. The summed E-state index contributed by atoms with van der Waals surface area (Å²) in [5.41, 5.74) is 0. The van der Waals surface area contributed by atoms with Gasteiger partial charge in [0.1, 0.15) is 11.9 Å². The summed E-state index contributed by atoms with van der Waals surface area (Å²) in [7, 11) is -4.12. The van der Waals surface area contributed by atoms with Gasteiger partial charge in [-0.1, -0.05) is 71.6 Å². The van der Waals surface area contributed by atoms with Crippen LogP contribution in [-0.4, -0.2) is 30.8 Å². The van der Waals surface area contributed by atoms with E-state index >= 15 is 0 Å². The van der Waals surface area contributed by atoms with Crippen LogP contribution in [0.3, 0.4) is 0 Å². The summed E-state index contributed by atoms with van der Waals surface area (Å²) in [6, 6.07) is 0. The Bertz CT molecular complexity index is 392. The van der Waals surface area contributed by atoms with Crippen molar-refractivity contribution < 1.29 is 22.5 Å². The van der Waals surface area contributed by atoms with Gasteiger partial charge in [-0.15, -0.1) is 0 Å². The van der Waals surface area contributed by atoms with Gasteiger partial charge >= 0.3 is 5.97 Å². The van der Waals surface area contributed by atoms with Crippen molar-refractivity contribution in [3.63, 3.8) is 0 Å². The van der Waals surface area contributed by atoms with Crippen molar-refractivity contribution in [2.24, 2.45) is 0 Å². The molecule has 138 valence electrons. The smallest absolute Gasteiger partial charge is 0.305 e. The Morgan fingerprint density at radius 1 is 0.913 bits per heavy atom. The zero-order chi connectivity index (χ0) is 17.6. The van der Waals surface area contributed by atoms with E-state index in [0.29, 0.717) is 6.42 Å². The number of carbonyl (C=O) groups excluding carboxylic acids is 1. The number of rotatable bonds is 15. The van der Waals surface area contributed by atoms with Crippen molar-refractivity contribution in [1.82, 2.24) is 0 Å². The predicted octanol–water partition coefficient (Wildman–Crippen LogP) is 4.51. The molecule has 0 aliphatic heterocycles. The molecule has 23 heavy (non-hydrogen) atoms. The van der Waals surface area contributed by atoms with Gasteiger partial charge in [-0.3, -0.25) is 9.35 Å². The third kappa shape index (κ3) is 16.0. The molecule has 0 bridgehead atoms. The van der Waals surface area contributed by atoms with Crippen molar-refractivity contribution in [1.29, 1.82) is 0 Å². The molecule has 1 atom stereocenters. The van der Waals surface area contributed by atoms with E-state index in [0.717, 1.165) is 19.3 Å². The molecule has 5 nitrogen and oxygen atoms in total. The molecule has 0 radical (unpaired) electrons. The van der Waals surface area contributed by atoms with E-state index < -0.39 is 27.9 Å². The predicted molar refractivity (Wildman–Crippen MR) is 93.0 cm³/mol. The zero-order valence-corrected chi connectivity index (χ0v) is 15.6. The van der Waals surface area contributed by atoms with Crippen LogP contribution in [-0.2, 0) is 19.6 Å². The van der Waals surface area contributed by atoms with Gasteiger partial charge in [-0.05, 0) is 12.8 Å². The van der Waals surface area contributed by atoms with Crippen LogP contribution in [0, 0.1) is 0 Å². The van der Waals surface area contributed by atoms with Crippen molar-refractivity contribution in [2.45, 2.75) is 97.0 Å². The lowest BCUT2D eigenvalue weighted by Crippen LogP contribution is -2.26. The van der Waals surface area contributed by atoms with Crippen molar-refractivity contribution in [2.75, 3.05) is 5.75 Å². The maximum absolute atomic E-state index is 11.3. The minimum Gasteiger partial charge on any atom is -0.461 e. The van der Waals surface area contributed by atoms with Gasteiger partial charge in [-0.2, -0.15) is 8.42 Å². The van der Waals surface area contributed by atoms with Crippen LogP contribution < -0.4 is 0 Å². The second kappa shape index (κ2) is 13.8. The first-order valence-corrected chi connectivity index (χ1v) is 10.6. The van der Waals surface area contributed by atoms with E-state index in [-0.39, 0.29) is 6.42 Å². The highest BCUT2D eigenvalue weighted by atomic mass is 32.2. The topological polar surface area (TPSA) is 80.7 Å². The Hall–Kier alpha value is -0.620. The normalized spacial score (nSPS) is 13.0. The molecule has 0 aromatic rings. The standard InChI is InChI=1S/C17H34O5S/c1-3-5-6-7-8-9-10-11-12-13-14-16(15-23(19,20)21)22-17(18)4-2/h16H,3-15H2,1-2H3,(H,19,20,21). The molecule has 0 saturated carbocycles. The Labute approximate surface area is 141 Å². The minimum atomic E-state index is -4.12. The first kappa shape index (κ1) is 22.4. The SMILES string of the molecule is CCCCCCCCCCCCC(CS(=O)(=O)O)OC(=O)CC. The van der Waals surface area contributed by atoms with Crippen LogP contribution in [0.2, 0.25) is 0 Å². The second-order valence-electron chi connectivity index (χ2n) is 6.18. The van der Waals surface area contributed by atoms with E-state index in [2.05, 4.69) is 6.92 Å². The molecule has 0 spiro atoms. The van der Waals surface area contributed by atoms with E-state index in [1.165, 1.54) is 44.9 Å². The van der Waals surface area contributed by atoms with Crippen LogP contribution in [0.5, 0.6) is 0 Å². The molecule has 0 aromatic carbocycles. The van der Waals surface area contributed by atoms with Crippen LogP contribution in [0.25, 0.3) is 0 Å². The molecule has 0 amide bonds. The molecule has 0 saturated heterocycles. The zero-order valence-electron chi connectivity index (χ0n) is 14.8. The molecule has 1 N–H and O–H groups in total. The lowest BCUT2D eigenvalue weighted by Gasteiger charge is -2.16. The lowest BCUT2D eigenvalue weighted by molar-refractivity contribution is -0.147. The molecule has 0 fully saturated rings. The van der Waals surface area contributed by atoms with Gasteiger partial charge < -0.3 is 4.74 Å². The summed E-state index contributed by atoms with van der Waals surface area (Å²) in [6.45, 7) is 3.88. The van der Waals surface area contributed by atoms with Crippen LogP contribution in [0.1, 0.15) is 90.9 Å². The molecule has 0 aliphatic rings. The summed E-state index contributed by atoms with van der Waals surface area (Å²) < 4.78 is 35.9. The summed E-state index contributed by atoms with van der Waals surface area (Å²) in [5, 5.41) is 0. The third-order valence-electron chi connectivity index (χ3n) is 3.86. The number of hydrogen-bond acceptors (Lipinski definition) is 4. The number of esters is 1. The molecule has 6 heteroatoms. The highest BCUT2D eigenvalue weighted by Gasteiger charge is 2.20.